The van der Waals surface area contributed by atoms with Gasteiger partial charge in [0.15, 0.2) is 6.04 Å². The van der Waals surface area contributed by atoms with E-state index in [4.69, 9.17) is 9.47 Å². The van der Waals surface area contributed by atoms with E-state index in [1.54, 1.807) is 20.8 Å². The first kappa shape index (κ1) is 21.2. The zero-order valence-corrected chi connectivity index (χ0v) is 16.4. The summed E-state index contributed by atoms with van der Waals surface area (Å²) in [5.74, 6) is -1.19. The number of amides is 2. The molecule has 0 fully saturated rings. The monoisotopic (exact) mass is 407 g/mol. The van der Waals surface area contributed by atoms with Crippen molar-refractivity contribution in [1.29, 1.82) is 0 Å². The summed E-state index contributed by atoms with van der Waals surface area (Å²) in [7, 11) is 0. The Morgan fingerprint density at radius 1 is 1.18 bits per heavy atom. The topological polar surface area (TPSA) is 127 Å². The summed E-state index contributed by atoms with van der Waals surface area (Å²) in [6, 6.07) is 7.72. The Morgan fingerprint density at radius 3 is 2.46 bits per heavy atom. The highest BCUT2D eigenvalue weighted by molar-refractivity contribution is 7.10. The molecule has 1 atom stereocenters. The second kappa shape index (κ2) is 9.18. The fourth-order valence-electron chi connectivity index (χ4n) is 2.00. The van der Waals surface area contributed by atoms with E-state index in [0.717, 1.165) is 16.9 Å². The molecule has 1 unspecified atom stereocenters. The van der Waals surface area contributed by atoms with E-state index in [-0.39, 0.29) is 17.4 Å². The molecule has 0 aliphatic rings. The van der Waals surface area contributed by atoms with Crippen molar-refractivity contribution in [2.24, 2.45) is 0 Å². The predicted octanol–water partition coefficient (Wildman–Crippen LogP) is 3.54. The van der Waals surface area contributed by atoms with Crippen LogP contribution in [0, 0.1) is 0 Å². The molecule has 0 spiro atoms. The van der Waals surface area contributed by atoms with Crippen molar-refractivity contribution in [2.75, 3.05) is 5.32 Å². The fraction of sp³-hybridized carbons (Fsp3) is 0.333. The summed E-state index contributed by atoms with van der Waals surface area (Å²) < 4.78 is 10.1. The molecule has 150 valence electrons. The Morgan fingerprint density at radius 2 is 1.86 bits per heavy atom. The van der Waals surface area contributed by atoms with Crippen LogP contribution in [0.2, 0.25) is 0 Å². The lowest BCUT2D eigenvalue weighted by Crippen LogP contribution is -2.38. The largest absolute Gasteiger partial charge is 0.479 e. The van der Waals surface area contributed by atoms with Crippen molar-refractivity contribution in [2.45, 2.75) is 39.0 Å². The highest BCUT2D eigenvalue weighted by Crippen LogP contribution is 2.22. The van der Waals surface area contributed by atoms with Gasteiger partial charge in [0.25, 0.3) is 0 Å². The minimum atomic E-state index is -1.41. The van der Waals surface area contributed by atoms with Crippen LogP contribution >= 0.6 is 11.3 Å². The van der Waals surface area contributed by atoms with Gasteiger partial charge in [0.2, 0.25) is 0 Å². The Bertz CT molecular complexity index is 831. The third-order valence-corrected chi connectivity index (χ3v) is 4.03. The fourth-order valence-corrected chi connectivity index (χ4v) is 2.79. The maximum absolute atomic E-state index is 11.9. The molecule has 1 heterocycles. The summed E-state index contributed by atoms with van der Waals surface area (Å²) >= 11 is 0.970. The molecular weight excluding hydrogens is 386 g/mol. The number of aliphatic carboxylic acids is 1. The van der Waals surface area contributed by atoms with E-state index >= 15 is 0 Å². The predicted molar refractivity (Wildman–Crippen MR) is 102 cm³/mol. The van der Waals surface area contributed by atoms with Crippen molar-refractivity contribution in [3.05, 3.63) is 46.3 Å². The number of nitrogens with one attached hydrogen (secondary N) is 2. The van der Waals surface area contributed by atoms with E-state index < -0.39 is 29.8 Å². The Hall–Kier alpha value is -3.14. The number of aromatic nitrogens is 1. The van der Waals surface area contributed by atoms with Crippen LogP contribution in [0.4, 0.5) is 15.4 Å². The molecule has 0 aliphatic carbocycles. The number of carbonyl (C=O) groups is 3. The summed E-state index contributed by atoms with van der Waals surface area (Å²) in [6.07, 6.45) is -1.61. The number of carboxylic acid groups (broad SMARTS) is 1. The molecule has 0 saturated carbocycles. The van der Waals surface area contributed by atoms with Crippen molar-refractivity contribution in [3.63, 3.8) is 0 Å². The number of carboxylic acids is 1. The zero-order chi connectivity index (χ0) is 20.7. The maximum Gasteiger partial charge on any atom is 0.413 e. The van der Waals surface area contributed by atoms with Gasteiger partial charge in [-0.1, -0.05) is 30.3 Å². The average Bonchev–Trinajstić information content (AvgIpc) is 3.05. The smallest absolute Gasteiger partial charge is 0.413 e. The lowest BCUT2D eigenvalue weighted by Gasteiger charge is -2.21. The van der Waals surface area contributed by atoms with Crippen molar-refractivity contribution >= 4 is 35.3 Å². The Balaban J connectivity index is 1.95. The number of alkyl carbamates (subject to hydrolysis) is 1. The lowest BCUT2D eigenvalue weighted by atomic mass is 10.2. The molecule has 9 nitrogen and oxygen atoms in total. The molecule has 2 amide bonds. The molecule has 1 aromatic carbocycles. The molecule has 2 aromatic rings. The lowest BCUT2D eigenvalue weighted by molar-refractivity contribution is -0.139. The van der Waals surface area contributed by atoms with Crippen LogP contribution in [0.1, 0.15) is 37.4 Å². The van der Waals surface area contributed by atoms with Gasteiger partial charge in [-0.15, -0.1) is 11.3 Å². The first-order chi connectivity index (χ1) is 13.1. The average molecular weight is 407 g/mol. The SMILES string of the molecule is CC(C)(C)OC(=O)NC(C(=O)O)c1nc(NC(=O)OCc2ccccc2)cs1. The van der Waals surface area contributed by atoms with E-state index in [9.17, 15) is 19.5 Å². The van der Waals surface area contributed by atoms with Crippen LogP contribution in [0.25, 0.3) is 0 Å². The molecule has 10 heteroatoms. The van der Waals surface area contributed by atoms with E-state index in [1.807, 2.05) is 30.3 Å². The van der Waals surface area contributed by atoms with Crippen LogP contribution in [-0.2, 0) is 20.9 Å². The number of ether oxygens (including phenoxy) is 2. The quantitative estimate of drug-likeness (QED) is 0.668. The molecule has 28 heavy (non-hydrogen) atoms. The standard InChI is InChI=1S/C18H21N3O6S/c1-18(2,3)27-17(25)21-13(15(22)23)14-19-12(10-28-14)20-16(24)26-9-11-7-5-4-6-8-11/h4-8,10,13H,9H2,1-3H3,(H,20,24)(H,21,25)(H,22,23). The molecule has 1 aromatic heterocycles. The summed E-state index contributed by atoms with van der Waals surface area (Å²) in [5.41, 5.74) is 0.0507. The first-order valence-corrected chi connectivity index (χ1v) is 9.17. The van der Waals surface area contributed by atoms with Gasteiger partial charge in [0.1, 0.15) is 23.0 Å². The second-order valence-corrected chi connectivity index (χ2v) is 7.56. The van der Waals surface area contributed by atoms with Crippen molar-refractivity contribution in [1.82, 2.24) is 10.3 Å². The molecule has 0 saturated heterocycles. The van der Waals surface area contributed by atoms with E-state index in [0.29, 0.717) is 0 Å². The van der Waals surface area contributed by atoms with Gasteiger partial charge in [-0.3, -0.25) is 5.32 Å². The van der Waals surface area contributed by atoms with Gasteiger partial charge in [0, 0.05) is 5.38 Å². The van der Waals surface area contributed by atoms with Crippen LogP contribution in [0.5, 0.6) is 0 Å². The number of hydrogen-bond donors (Lipinski definition) is 3. The summed E-state index contributed by atoms with van der Waals surface area (Å²) in [6.45, 7) is 5.07. The number of hydrogen-bond acceptors (Lipinski definition) is 7. The molecule has 0 aliphatic heterocycles. The molecule has 3 N–H and O–H groups in total. The third kappa shape index (κ3) is 6.88. The van der Waals surface area contributed by atoms with Gasteiger partial charge in [-0.2, -0.15) is 0 Å². The van der Waals surface area contributed by atoms with Crippen molar-refractivity contribution < 1.29 is 29.0 Å². The first-order valence-electron chi connectivity index (χ1n) is 8.29. The number of nitrogens with zero attached hydrogens (tertiary/aromatic N) is 1. The molecular formula is C18H21N3O6S. The third-order valence-electron chi connectivity index (χ3n) is 3.12. The molecule has 2 rings (SSSR count). The Kier molecular flexibility index (Phi) is 6.94. The van der Waals surface area contributed by atoms with Gasteiger partial charge in [0.05, 0.1) is 0 Å². The number of thiazole rings is 1. The van der Waals surface area contributed by atoms with Gasteiger partial charge >= 0.3 is 18.2 Å². The normalized spacial score (nSPS) is 12.0. The molecule has 0 bridgehead atoms. The molecule has 0 radical (unpaired) electrons. The minimum Gasteiger partial charge on any atom is -0.479 e. The second-order valence-electron chi connectivity index (χ2n) is 6.68. The Labute approximate surface area is 165 Å². The van der Waals surface area contributed by atoms with Crippen molar-refractivity contribution in [3.8, 4) is 0 Å². The van der Waals surface area contributed by atoms with Gasteiger partial charge in [-0.05, 0) is 26.3 Å². The van der Waals surface area contributed by atoms with Gasteiger partial charge < -0.3 is 19.9 Å². The number of benzene rings is 1. The van der Waals surface area contributed by atoms with Crippen LogP contribution in [0.3, 0.4) is 0 Å². The zero-order valence-electron chi connectivity index (χ0n) is 15.6. The minimum absolute atomic E-state index is 0.0803. The van der Waals surface area contributed by atoms with Crippen LogP contribution in [-0.4, -0.2) is 33.8 Å². The van der Waals surface area contributed by atoms with E-state index in [2.05, 4.69) is 15.6 Å². The summed E-state index contributed by atoms with van der Waals surface area (Å²) in [4.78, 5) is 39.2. The van der Waals surface area contributed by atoms with Crippen LogP contribution in [0.15, 0.2) is 35.7 Å². The number of carbonyl (C=O) groups excluding carboxylic acids is 2. The number of anilines is 1. The number of rotatable bonds is 6. The van der Waals surface area contributed by atoms with E-state index in [1.165, 1.54) is 5.38 Å². The van der Waals surface area contributed by atoms with Crippen LogP contribution < -0.4 is 10.6 Å². The van der Waals surface area contributed by atoms with Gasteiger partial charge in [-0.25, -0.2) is 19.4 Å². The maximum atomic E-state index is 11.9. The highest BCUT2D eigenvalue weighted by Gasteiger charge is 2.28. The summed E-state index contributed by atoms with van der Waals surface area (Å²) in [5, 5.41) is 15.6. The highest BCUT2D eigenvalue weighted by atomic mass is 32.1.